The molecule has 9 nitrogen and oxygen atoms in total. The van der Waals surface area contributed by atoms with E-state index in [1.807, 2.05) is 0 Å². The molecular weight excluding hydrogens is 388 g/mol. The highest BCUT2D eigenvalue weighted by Crippen LogP contribution is 2.36. The number of nitrogens with one attached hydrogen (secondary N) is 2. The molecular formula is C16H20N6O3S2. The van der Waals surface area contributed by atoms with Crippen LogP contribution in [0.15, 0.2) is 34.3 Å². The number of benzene rings is 1. The van der Waals surface area contributed by atoms with E-state index >= 15 is 0 Å². The highest BCUT2D eigenvalue weighted by molar-refractivity contribution is 7.99. The van der Waals surface area contributed by atoms with Gasteiger partial charge in [-0.05, 0) is 53.8 Å². The van der Waals surface area contributed by atoms with Gasteiger partial charge in [0.25, 0.3) is 0 Å². The monoisotopic (exact) mass is 408 g/mol. The Bertz CT molecular complexity index is 920. The molecule has 2 fully saturated rings. The maximum atomic E-state index is 12.1. The fourth-order valence-corrected chi connectivity index (χ4v) is 4.56. The summed E-state index contributed by atoms with van der Waals surface area (Å²) in [6.45, 7) is 0.337. The molecule has 1 amide bonds. The lowest BCUT2D eigenvalue weighted by molar-refractivity contribution is -0.118. The molecule has 0 atom stereocenters. The van der Waals surface area contributed by atoms with E-state index in [9.17, 15) is 13.2 Å². The van der Waals surface area contributed by atoms with Crippen LogP contribution in [0.2, 0.25) is 0 Å². The van der Waals surface area contributed by atoms with Crippen LogP contribution < -0.4 is 10.0 Å². The second-order valence-electron chi connectivity index (χ2n) is 6.74. The van der Waals surface area contributed by atoms with Crippen molar-refractivity contribution in [3.8, 4) is 0 Å². The number of aromatic nitrogens is 4. The van der Waals surface area contributed by atoms with Crippen LogP contribution in [0.3, 0.4) is 0 Å². The average molecular weight is 409 g/mol. The van der Waals surface area contributed by atoms with Crippen LogP contribution in [0.4, 0.5) is 0 Å². The van der Waals surface area contributed by atoms with Gasteiger partial charge >= 0.3 is 0 Å². The number of thioether (sulfide) groups is 1. The number of carbonyl (C=O) groups excluding carboxylic acids is 1. The lowest BCUT2D eigenvalue weighted by Crippen LogP contribution is -2.26. The van der Waals surface area contributed by atoms with Crippen molar-refractivity contribution in [1.29, 1.82) is 0 Å². The minimum atomic E-state index is -3.45. The molecule has 0 spiro atoms. The van der Waals surface area contributed by atoms with Crippen molar-refractivity contribution in [2.24, 2.45) is 0 Å². The molecule has 11 heteroatoms. The fourth-order valence-electron chi connectivity index (χ4n) is 2.49. The first-order valence-corrected chi connectivity index (χ1v) is 11.3. The Hall–Kier alpha value is -1.98. The second kappa shape index (κ2) is 7.56. The van der Waals surface area contributed by atoms with Crippen LogP contribution in [0.1, 0.15) is 37.3 Å². The largest absolute Gasteiger partial charge is 0.351 e. The molecule has 2 N–H and O–H groups in total. The molecule has 144 valence electrons. The van der Waals surface area contributed by atoms with Gasteiger partial charge in [0.2, 0.25) is 21.1 Å². The number of nitrogens with zero attached hydrogens (tertiary/aromatic N) is 4. The second-order valence-corrected chi connectivity index (χ2v) is 9.40. The van der Waals surface area contributed by atoms with Crippen molar-refractivity contribution in [3.63, 3.8) is 0 Å². The predicted molar refractivity (Wildman–Crippen MR) is 98.4 cm³/mol. The van der Waals surface area contributed by atoms with Crippen LogP contribution >= 0.6 is 11.8 Å². The number of tetrazole rings is 1. The van der Waals surface area contributed by atoms with E-state index in [4.69, 9.17) is 0 Å². The highest BCUT2D eigenvalue weighted by atomic mass is 32.2. The van der Waals surface area contributed by atoms with Gasteiger partial charge in [-0.15, -0.1) is 5.10 Å². The summed E-state index contributed by atoms with van der Waals surface area (Å²) < 4.78 is 28.7. The van der Waals surface area contributed by atoms with Crippen LogP contribution in [-0.4, -0.2) is 46.3 Å². The van der Waals surface area contributed by atoms with Gasteiger partial charge in [0, 0.05) is 12.6 Å². The first kappa shape index (κ1) is 18.4. The Balaban J connectivity index is 1.25. The van der Waals surface area contributed by atoms with Crippen molar-refractivity contribution in [3.05, 3.63) is 29.8 Å². The Kier molecular flexibility index (Phi) is 5.15. The molecule has 2 aromatic rings. The van der Waals surface area contributed by atoms with Gasteiger partial charge in [0.05, 0.1) is 16.7 Å². The molecule has 0 aliphatic heterocycles. The summed E-state index contributed by atoms with van der Waals surface area (Å²) in [5, 5.41) is 15.0. The lowest BCUT2D eigenvalue weighted by Gasteiger charge is -2.08. The molecule has 2 saturated carbocycles. The third-order valence-electron chi connectivity index (χ3n) is 4.31. The third kappa shape index (κ3) is 4.85. The van der Waals surface area contributed by atoms with Crippen LogP contribution in [0.25, 0.3) is 0 Å². The summed E-state index contributed by atoms with van der Waals surface area (Å²) >= 11 is 1.31. The maximum absolute atomic E-state index is 12.1. The molecule has 0 bridgehead atoms. The zero-order valence-corrected chi connectivity index (χ0v) is 16.2. The molecule has 4 rings (SSSR count). The number of sulfonamides is 1. The van der Waals surface area contributed by atoms with E-state index in [2.05, 4.69) is 25.6 Å². The zero-order chi connectivity index (χ0) is 18.9. The minimum Gasteiger partial charge on any atom is -0.351 e. The lowest BCUT2D eigenvalue weighted by atomic mass is 10.2. The normalized spacial score (nSPS) is 17.0. The quantitative estimate of drug-likeness (QED) is 0.591. The fraction of sp³-hybridized carbons (Fsp3) is 0.500. The predicted octanol–water partition coefficient (Wildman–Crippen LogP) is 0.857. The summed E-state index contributed by atoms with van der Waals surface area (Å²) in [6, 6.07) is 6.99. The molecule has 0 radical (unpaired) electrons. The summed E-state index contributed by atoms with van der Waals surface area (Å²) in [7, 11) is -3.45. The van der Waals surface area contributed by atoms with Gasteiger partial charge in [-0.1, -0.05) is 23.9 Å². The van der Waals surface area contributed by atoms with Crippen molar-refractivity contribution < 1.29 is 13.2 Å². The first-order valence-electron chi connectivity index (χ1n) is 8.80. The van der Waals surface area contributed by atoms with Gasteiger partial charge in [-0.2, -0.15) is 0 Å². The number of hydrogen-bond donors (Lipinski definition) is 2. The molecule has 2 aliphatic carbocycles. The zero-order valence-electron chi connectivity index (χ0n) is 14.5. The Labute approximate surface area is 161 Å². The van der Waals surface area contributed by atoms with E-state index in [1.54, 1.807) is 28.9 Å². The summed E-state index contributed by atoms with van der Waals surface area (Å²) in [6.07, 6.45) is 3.95. The van der Waals surface area contributed by atoms with Gasteiger partial charge in [-0.3, -0.25) is 4.79 Å². The van der Waals surface area contributed by atoms with Crippen molar-refractivity contribution in [1.82, 2.24) is 30.2 Å². The van der Waals surface area contributed by atoms with Gasteiger partial charge in [0.1, 0.15) is 0 Å². The van der Waals surface area contributed by atoms with E-state index in [0.29, 0.717) is 17.7 Å². The molecule has 27 heavy (non-hydrogen) atoms. The average Bonchev–Trinajstić information content (AvgIpc) is 3.59. The van der Waals surface area contributed by atoms with Gasteiger partial charge in [-0.25, -0.2) is 17.8 Å². The number of rotatable bonds is 9. The van der Waals surface area contributed by atoms with Gasteiger partial charge < -0.3 is 5.32 Å². The van der Waals surface area contributed by atoms with Gasteiger partial charge in [0.15, 0.2) is 0 Å². The molecule has 1 aromatic heterocycles. The molecule has 1 heterocycles. The highest BCUT2D eigenvalue weighted by Gasteiger charge is 2.28. The minimum absolute atomic E-state index is 0.0763. The van der Waals surface area contributed by atoms with E-state index in [0.717, 1.165) is 31.2 Å². The van der Waals surface area contributed by atoms with E-state index in [1.165, 1.54) is 11.8 Å². The number of carbonyl (C=O) groups is 1. The third-order valence-corrected chi connectivity index (χ3v) is 6.78. The molecule has 1 aromatic carbocycles. The Morgan fingerprint density at radius 1 is 1.19 bits per heavy atom. The Morgan fingerprint density at radius 2 is 1.93 bits per heavy atom. The summed E-state index contributed by atoms with van der Waals surface area (Å²) in [4.78, 5) is 12.3. The molecule has 2 aliphatic rings. The standard InChI is InChI=1S/C16H20N6O3S2/c23-15(10-26-16-18-20-21-22(16)13-5-6-13)17-9-11-1-7-14(8-2-11)27(24,25)19-12-3-4-12/h1-2,7-8,12-13,19H,3-6,9-10H2,(H,17,23). The van der Waals surface area contributed by atoms with Crippen LogP contribution in [0.5, 0.6) is 0 Å². The topological polar surface area (TPSA) is 119 Å². The SMILES string of the molecule is O=C(CSc1nnnn1C1CC1)NCc1ccc(S(=O)(=O)NC2CC2)cc1. The van der Waals surface area contributed by atoms with Crippen molar-refractivity contribution in [2.45, 2.75) is 54.4 Å². The van der Waals surface area contributed by atoms with Crippen LogP contribution in [-0.2, 0) is 21.4 Å². The maximum Gasteiger partial charge on any atom is 0.240 e. The Morgan fingerprint density at radius 3 is 2.59 bits per heavy atom. The van der Waals surface area contributed by atoms with Crippen molar-refractivity contribution in [2.75, 3.05) is 5.75 Å². The smallest absolute Gasteiger partial charge is 0.240 e. The first-order chi connectivity index (χ1) is 13.0. The van der Waals surface area contributed by atoms with E-state index in [-0.39, 0.29) is 22.6 Å². The molecule has 0 saturated heterocycles. The van der Waals surface area contributed by atoms with Crippen LogP contribution in [0, 0.1) is 0 Å². The van der Waals surface area contributed by atoms with E-state index < -0.39 is 10.0 Å². The summed E-state index contributed by atoms with van der Waals surface area (Å²) in [5.74, 6) is 0.0997. The number of hydrogen-bond acceptors (Lipinski definition) is 7. The molecule has 0 unspecified atom stereocenters. The summed E-state index contributed by atoms with van der Waals surface area (Å²) in [5.41, 5.74) is 0.835. The number of amides is 1. The van der Waals surface area contributed by atoms with Crippen molar-refractivity contribution >= 4 is 27.7 Å².